The molecule has 0 aromatic heterocycles. The van der Waals surface area contributed by atoms with Crippen molar-refractivity contribution in [2.75, 3.05) is 0 Å². The number of primary amides is 1. The molecular formula is C8H13NO3. The lowest BCUT2D eigenvalue weighted by Gasteiger charge is -1.99. The topological polar surface area (TPSA) is 80.4 Å². The van der Waals surface area contributed by atoms with Crippen molar-refractivity contribution < 1.29 is 14.7 Å². The van der Waals surface area contributed by atoms with E-state index in [2.05, 4.69) is 0 Å². The fourth-order valence-electron chi connectivity index (χ4n) is 0.783. The SMILES string of the molecule is CCCCC(=CC(=O)O)C(N)=O. The fourth-order valence-corrected chi connectivity index (χ4v) is 0.783. The van der Waals surface area contributed by atoms with Crippen molar-refractivity contribution in [3.63, 3.8) is 0 Å². The molecule has 0 unspecified atom stereocenters. The Morgan fingerprint density at radius 3 is 2.42 bits per heavy atom. The van der Waals surface area contributed by atoms with Crippen LogP contribution in [0.1, 0.15) is 26.2 Å². The molecule has 0 radical (unpaired) electrons. The summed E-state index contributed by atoms with van der Waals surface area (Å²) < 4.78 is 0. The summed E-state index contributed by atoms with van der Waals surface area (Å²) in [6.07, 6.45) is 3.00. The molecule has 0 spiro atoms. The normalized spacial score (nSPS) is 11.2. The Balaban J connectivity index is 4.23. The molecule has 0 aromatic carbocycles. The summed E-state index contributed by atoms with van der Waals surface area (Å²) in [6.45, 7) is 1.96. The Hall–Kier alpha value is -1.32. The zero-order chi connectivity index (χ0) is 9.56. The van der Waals surface area contributed by atoms with Crippen LogP contribution in [-0.2, 0) is 9.59 Å². The largest absolute Gasteiger partial charge is 0.478 e. The van der Waals surface area contributed by atoms with Gasteiger partial charge in [0.05, 0.1) is 0 Å². The van der Waals surface area contributed by atoms with Crippen LogP contribution in [0.25, 0.3) is 0 Å². The van der Waals surface area contributed by atoms with Crippen LogP contribution >= 0.6 is 0 Å². The fraction of sp³-hybridized carbons (Fsp3) is 0.500. The van der Waals surface area contributed by atoms with Gasteiger partial charge in [0.2, 0.25) is 5.91 Å². The molecule has 0 saturated carbocycles. The summed E-state index contributed by atoms with van der Waals surface area (Å²) in [5.74, 6) is -1.77. The van der Waals surface area contributed by atoms with Crippen LogP contribution in [-0.4, -0.2) is 17.0 Å². The number of aliphatic carboxylic acids is 1. The van der Waals surface area contributed by atoms with Crippen molar-refractivity contribution in [3.05, 3.63) is 11.6 Å². The van der Waals surface area contributed by atoms with Gasteiger partial charge in [-0.15, -0.1) is 0 Å². The van der Waals surface area contributed by atoms with Gasteiger partial charge in [-0.05, 0) is 12.8 Å². The van der Waals surface area contributed by atoms with Gasteiger partial charge in [0, 0.05) is 11.6 Å². The molecule has 4 heteroatoms. The first-order valence-corrected chi connectivity index (χ1v) is 3.81. The second-order valence-electron chi connectivity index (χ2n) is 2.48. The summed E-state index contributed by atoms with van der Waals surface area (Å²) in [4.78, 5) is 20.8. The Morgan fingerprint density at radius 1 is 1.50 bits per heavy atom. The summed E-state index contributed by atoms with van der Waals surface area (Å²) in [5, 5.41) is 8.35. The van der Waals surface area contributed by atoms with E-state index in [0.717, 1.165) is 18.9 Å². The van der Waals surface area contributed by atoms with E-state index in [4.69, 9.17) is 10.8 Å². The highest BCUT2D eigenvalue weighted by atomic mass is 16.4. The number of hydrogen-bond donors (Lipinski definition) is 2. The minimum Gasteiger partial charge on any atom is -0.478 e. The lowest BCUT2D eigenvalue weighted by Crippen LogP contribution is -2.15. The molecule has 0 aliphatic rings. The van der Waals surface area contributed by atoms with E-state index in [-0.39, 0.29) is 5.57 Å². The van der Waals surface area contributed by atoms with Crippen LogP contribution in [0.5, 0.6) is 0 Å². The van der Waals surface area contributed by atoms with Gasteiger partial charge in [-0.3, -0.25) is 4.79 Å². The first-order valence-electron chi connectivity index (χ1n) is 3.81. The number of carbonyl (C=O) groups excluding carboxylic acids is 1. The first-order chi connectivity index (χ1) is 5.57. The maximum Gasteiger partial charge on any atom is 0.328 e. The van der Waals surface area contributed by atoms with Gasteiger partial charge in [-0.1, -0.05) is 13.3 Å². The van der Waals surface area contributed by atoms with Crippen LogP contribution in [0.3, 0.4) is 0 Å². The van der Waals surface area contributed by atoms with Crippen molar-refractivity contribution in [1.29, 1.82) is 0 Å². The Morgan fingerprint density at radius 2 is 2.08 bits per heavy atom. The summed E-state index contributed by atoms with van der Waals surface area (Å²) in [6, 6.07) is 0. The van der Waals surface area contributed by atoms with E-state index in [0.29, 0.717) is 6.42 Å². The van der Waals surface area contributed by atoms with Gasteiger partial charge in [-0.2, -0.15) is 0 Å². The molecule has 0 atom stereocenters. The lowest BCUT2D eigenvalue weighted by atomic mass is 10.1. The number of carboxylic acids is 1. The molecule has 1 amide bonds. The van der Waals surface area contributed by atoms with Crippen LogP contribution < -0.4 is 5.73 Å². The van der Waals surface area contributed by atoms with Gasteiger partial charge < -0.3 is 10.8 Å². The second-order valence-corrected chi connectivity index (χ2v) is 2.48. The molecule has 0 aliphatic heterocycles. The third kappa shape index (κ3) is 4.49. The molecule has 12 heavy (non-hydrogen) atoms. The van der Waals surface area contributed by atoms with Crippen LogP contribution in [0.2, 0.25) is 0 Å². The molecule has 0 aliphatic carbocycles. The van der Waals surface area contributed by atoms with E-state index in [1.165, 1.54) is 0 Å². The molecule has 3 N–H and O–H groups in total. The van der Waals surface area contributed by atoms with Crippen molar-refractivity contribution in [2.45, 2.75) is 26.2 Å². The van der Waals surface area contributed by atoms with E-state index < -0.39 is 11.9 Å². The van der Waals surface area contributed by atoms with Crippen molar-refractivity contribution in [1.82, 2.24) is 0 Å². The van der Waals surface area contributed by atoms with Crippen LogP contribution in [0, 0.1) is 0 Å². The van der Waals surface area contributed by atoms with Crippen LogP contribution in [0.4, 0.5) is 0 Å². The standard InChI is InChI=1S/C8H13NO3/c1-2-3-4-6(8(9)12)5-7(10)11/h5H,2-4H2,1H3,(H2,9,12)(H,10,11). The molecule has 68 valence electrons. The number of carbonyl (C=O) groups is 2. The highest BCUT2D eigenvalue weighted by molar-refractivity contribution is 5.97. The first kappa shape index (κ1) is 10.7. The number of nitrogens with two attached hydrogens (primary N) is 1. The number of rotatable bonds is 5. The molecular weight excluding hydrogens is 158 g/mol. The van der Waals surface area contributed by atoms with E-state index in [9.17, 15) is 9.59 Å². The number of hydrogen-bond acceptors (Lipinski definition) is 2. The average molecular weight is 171 g/mol. The van der Waals surface area contributed by atoms with Gasteiger partial charge in [0.25, 0.3) is 0 Å². The quantitative estimate of drug-likeness (QED) is 0.596. The number of amides is 1. The predicted octanol–water partition coefficient (Wildman–Crippen LogP) is 0.673. The second kappa shape index (κ2) is 5.35. The van der Waals surface area contributed by atoms with Crippen molar-refractivity contribution in [3.8, 4) is 0 Å². The summed E-state index contributed by atoms with van der Waals surface area (Å²) >= 11 is 0. The molecule has 0 aromatic rings. The van der Waals surface area contributed by atoms with E-state index in [1.807, 2.05) is 6.92 Å². The third-order valence-corrected chi connectivity index (χ3v) is 1.41. The molecule has 0 saturated heterocycles. The van der Waals surface area contributed by atoms with Crippen molar-refractivity contribution >= 4 is 11.9 Å². The minimum absolute atomic E-state index is 0.185. The zero-order valence-corrected chi connectivity index (χ0v) is 7.04. The average Bonchev–Trinajstić information content (AvgIpc) is 1.96. The highest BCUT2D eigenvalue weighted by Gasteiger charge is 2.05. The maximum atomic E-state index is 10.6. The molecule has 0 fully saturated rings. The molecule has 0 rings (SSSR count). The minimum atomic E-state index is -1.13. The van der Waals surface area contributed by atoms with Crippen LogP contribution in [0.15, 0.2) is 11.6 Å². The van der Waals surface area contributed by atoms with E-state index >= 15 is 0 Å². The third-order valence-electron chi connectivity index (χ3n) is 1.41. The highest BCUT2D eigenvalue weighted by Crippen LogP contribution is 2.05. The Bertz CT molecular complexity index is 208. The molecule has 0 heterocycles. The maximum absolute atomic E-state index is 10.6. The zero-order valence-electron chi connectivity index (χ0n) is 7.04. The van der Waals surface area contributed by atoms with Gasteiger partial charge in [0.15, 0.2) is 0 Å². The smallest absolute Gasteiger partial charge is 0.328 e. The number of unbranched alkanes of at least 4 members (excludes halogenated alkanes) is 1. The Kier molecular flexibility index (Phi) is 4.76. The lowest BCUT2D eigenvalue weighted by molar-refractivity contribution is -0.131. The monoisotopic (exact) mass is 171 g/mol. The molecule has 0 bridgehead atoms. The van der Waals surface area contributed by atoms with Crippen molar-refractivity contribution in [2.24, 2.45) is 5.73 Å². The summed E-state index contributed by atoms with van der Waals surface area (Å²) in [5.41, 5.74) is 5.14. The van der Waals surface area contributed by atoms with Gasteiger partial charge >= 0.3 is 5.97 Å². The van der Waals surface area contributed by atoms with Gasteiger partial charge in [-0.25, -0.2) is 4.79 Å². The predicted molar refractivity (Wildman–Crippen MR) is 44.4 cm³/mol. The van der Waals surface area contributed by atoms with Gasteiger partial charge in [0.1, 0.15) is 0 Å². The number of carboxylic acid groups (broad SMARTS) is 1. The molecule has 4 nitrogen and oxygen atoms in total. The summed E-state index contributed by atoms with van der Waals surface area (Å²) in [7, 11) is 0. The van der Waals surface area contributed by atoms with E-state index in [1.54, 1.807) is 0 Å². The Labute approximate surface area is 71.1 Å².